The van der Waals surface area contributed by atoms with Crippen molar-refractivity contribution in [1.29, 1.82) is 0 Å². The van der Waals surface area contributed by atoms with Crippen molar-refractivity contribution in [2.45, 2.75) is 18.6 Å². The molecule has 29 heavy (non-hydrogen) atoms. The number of methoxy groups -OCH3 is 1. The van der Waals surface area contributed by atoms with Crippen LogP contribution in [0.2, 0.25) is 0 Å². The molecule has 0 spiro atoms. The first kappa shape index (κ1) is 19.1. The zero-order chi connectivity index (χ0) is 20.4. The number of benzene rings is 2. The standard InChI is InChI=1S/C21H20N4O3S/c1-3-25-20(27)19-18(15-6-4-5-7-16(15)23-19)24-21(25)29-12-17(26)22-13-8-10-14(28-2)11-9-13/h4-11,23H,3,12H2,1-2H3,(H,22,26). The van der Waals surface area contributed by atoms with Crippen molar-refractivity contribution >= 4 is 45.3 Å². The summed E-state index contributed by atoms with van der Waals surface area (Å²) in [5, 5.41) is 4.26. The summed E-state index contributed by atoms with van der Waals surface area (Å²) in [6.45, 7) is 2.36. The van der Waals surface area contributed by atoms with Gasteiger partial charge in [0.2, 0.25) is 5.91 Å². The van der Waals surface area contributed by atoms with E-state index in [4.69, 9.17) is 9.72 Å². The van der Waals surface area contributed by atoms with Crippen LogP contribution in [0.5, 0.6) is 5.75 Å². The van der Waals surface area contributed by atoms with Crippen molar-refractivity contribution in [1.82, 2.24) is 14.5 Å². The fourth-order valence-corrected chi connectivity index (χ4v) is 4.02. The number of carbonyl (C=O) groups excluding carboxylic acids is 1. The second-order valence-electron chi connectivity index (χ2n) is 6.40. The number of H-pyrrole nitrogens is 1. The van der Waals surface area contributed by atoms with Gasteiger partial charge in [-0.3, -0.25) is 14.2 Å². The zero-order valence-electron chi connectivity index (χ0n) is 16.1. The lowest BCUT2D eigenvalue weighted by atomic mass is 10.2. The largest absolute Gasteiger partial charge is 0.497 e. The highest BCUT2D eigenvalue weighted by Gasteiger charge is 2.16. The molecule has 2 aromatic carbocycles. The molecule has 7 nitrogen and oxygen atoms in total. The van der Waals surface area contributed by atoms with Crippen molar-refractivity contribution in [2.24, 2.45) is 0 Å². The average molecular weight is 408 g/mol. The van der Waals surface area contributed by atoms with Crippen molar-refractivity contribution in [3.8, 4) is 5.75 Å². The maximum atomic E-state index is 12.9. The van der Waals surface area contributed by atoms with E-state index in [9.17, 15) is 9.59 Å². The van der Waals surface area contributed by atoms with Gasteiger partial charge in [-0.15, -0.1) is 0 Å². The SMILES string of the molecule is CCn1c(SCC(=O)Nc2ccc(OC)cc2)nc2c([nH]c3ccccc32)c1=O. The molecular formula is C21H20N4O3S. The molecule has 0 aliphatic heterocycles. The molecule has 2 aromatic heterocycles. The molecule has 0 aliphatic rings. The summed E-state index contributed by atoms with van der Waals surface area (Å²) in [7, 11) is 1.59. The van der Waals surface area contributed by atoms with E-state index in [2.05, 4.69) is 10.3 Å². The molecule has 0 saturated heterocycles. The molecule has 2 N–H and O–H groups in total. The lowest BCUT2D eigenvalue weighted by Crippen LogP contribution is -2.23. The van der Waals surface area contributed by atoms with Gasteiger partial charge in [-0.2, -0.15) is 0 Å². The summed E-state index contributed by atoms with van der Waals surface area (Å²) in [5.41, 5.74) is 2.54. The lowest BCUT2D eigenvalue weighted by molar-refractivity contribution is -0.113. The number of nitrogens with zero attached hydrogens (tertiary/aromatic N) is 2. The summed E-state index contributed by atoms with van der Waals surface area (Å²) < 4.78 is 6.70. The van der Waals surface area contributed by atoms with Crippen LogP contribution in [0.4, 0.5) is 5.69 Å². The maximum absolute atomic E-state index is 12.9. The molecule has 8 heteroatoms. The van der Waals surface area contributed by atoms with Crippen molar-refractivity contribution < 1.29 is 9.53 Å². The van der Waals surface area contributed by atoms with E-state index in [1.54, 1.807) is 35.9 Å². The van der Waals surface area contributed by atoms with E-state index in [1.165, 1.54) is 11.8 Å². The van der Waals surface area contributed by atoms with Crippen molar-refractivity contribution in [2.75, 3.05) is 18.2 Å². The fourth-order valence-electron chi connectivity index (χ4n) is 3.17. The molecule has 0 radical (unpaired) electrons. The second kappa shape index (κ2) is 8.00. The Morgan fingerprint density at radius 1 is 1.21 bits per heavy atom. The monoisotopic (exact) mass is 408 g/mol. The third-order valence-electron chi connectivity index (χ3n) is 4.60. The molecule has 0 atom stereocenters. The summed E-state index contributed by atoms with van der Waals surface area (Å²) in [5.74, 6) is 0.698. The lowest BCUT2D eigenvalue weighted by Gasteiger charge is -2.10. The second-order valence-corrected chi connectivity index (χ2v) is 7.35. The van der Waals surface area contributed by atoms with E-state index in [0.717, 1.165) is 16.7 Å². The Bertz CT molecular complexity index is 1240. The molecule has 0 saturated carbocycles. The number of rotatable bonds is 6. The third-order valence-corrected chi connectivity index (χ3v) is 5.57. The number of para-hydroxylation sites is 1. The first-order valence-electron chi connectivity index (χ1n) is 9.18. The van der Waals surface area contributed by atoms with E-state index >= 15 is 0 Å². The van der Waals surface area contributed by atoms with Crippen molar-refractivity contribution in [3.05, 3.63) is 58.9 Å². The predicted octanol–water partition coefficient (Wildman–Crippen LogP) is 3.64. The van der Waals surface area contributed by atoms with Gasteiger partial charge >= 0.3 is 0 Å². The van der Waals surface area contributed by atoms with Gasteiger partial charge in [0.05, 0.1) is 12.9 Å². The molecule has 148 valence electrons. The predicted molar refractivity (Wildman–Crippen MR) is 116 cm³/mol. The Morgan fingerprint density at radius 2 is 1.97 bits per heavy atom. The minimum atomic E-state index is -0.170. The molecule has 0 aliphatic carbocycles. The summed E-state index contributed by atoms with van der Waals surface area (Å²) in [6.07, 6.45) is 0. The highest BCUT2D eigenvalue weighted by atomic mass is 32.2. The van der Waals surface area contributed by atoms with Gasteiger partial charge in [0.15, 0.2) is 5.16 Å². The molecule has 0 fully saturated rings. The van der Waals surface area contributed by atoms with Crippen LogP contribution in [-0.4, -0.2) is 33.3 Å². The number of amides is 1. The number of nitrogens with one attached hydrogen (secondary N) is 2. The van der Waals surface area contributed by atoms with E-state index in [1.807, 2.05) is 31.2 Å². The number of hydrogen-bond acceptors (Lipinski definition) is 5. The number of ether oxygens (including phenoxy) is 1. The molecule has 2 heterocycles. The Kier molecular flexibility index (Phi) is 5.26. The molecular weight excluding hydrogens is 388 g/mol. The molecule has 0 unspecified atom stereocenters. The topological polar surface area (TPSA) is 89.0 Å². The van der Waals surface area contributed by atoms with Crippen LogP contribution in [0.3, 0.4) is 0 Å². The Balaban J connectivity index is 1.58. The van der Waals surface area contributed by atoms with Crippen LogP contribution in [0, 0.1) is 0 Å². The zero-order valence-corrected chi connectivity index (χ0v) is 16.9. The maximum Gasteiger partial charge on any atom is 0.278 e. The first-order valence-corrected chi connectivity index (χ1v) is 10.2. The minimum absolute atomic E-state index is 0.133. The molecule has 4 rings (SSSR count). The van der Waals surface area contributed by atoms with Gasteiger partial charge in [0, 0.05) is 23.1 Å². The van der Waals surface area contributed by atoms with Gasteiger partial charge in [-0.25, -0.2) is 4.98 Å². The first-order chi connectivity index (χ1) is 14.1. The van der Waals surface area contributed by atoms with Crippen LogP contribution in [0.1, 0.15) is 6.92 Å². The minimum Gasteiger partial charge on any atom is -0.497 e. The van der Waals surface area contributed by atoms with Crippen LogP contribution < -0.4 is 15.6 Å². The number of anilines is 1. The highest BCUT2D eigenvalue weighted by molar-refractivity contribution is 7.99. The number of thioether (sulfide) groups is 1. The van der Waals surface area contributed by atoms with Crippen LogP contribution >= 0.6 is 11.8 Å². The van der Waals surface area contributed by atoms with E-state index in [-0.39, 0.29) is 17.2 Å². The number of fused-ring (bicyclic) bond motifs is 3. The highest BCUT2D eigenvalue weighted by Crippen LogP contribution is 2.24. The van der Waals surface area contributed by atoms with Crippen LogP contribution in [0.25, 0.3) is 21.9 Å². The average Bonchev–Trinajstić information content (AvgIpc) is 3.12. The van der Waals surface area contributed by atoms with E-state index in [0.29, 0.717) is 28.4 Å². The van der Waals surface area contributed by atoms with Gasteiger partial charge < -0.3 is 15.0 Å². The van der Waals surface area contributed by atoms with E-state index < -0.39 is 0 Å². The number of hydrogen-bond donors (Lipinski definition) is 2. The quantitative estimate of drug-likeness (QED) is 0.376. The van der Waals surface area contributed by atoms with Gasteiger partial charge in [0.25, 0.3) is 5.56 Å². The van der Waals surface area contributed by atoms with Gasteiger partial charge in [-0.05, 0) is 37.3 Å². The molecule has 1 amide bonds. The van der Waals surface area contributed by atoms with Crippen molar-refractivity contribution in [3.63, 3.8) is 0 Å². The normalized spacial score (nSPS) is 11.1. The van der Waals surface area contributed by atoms with Crippen LogP contribution in [0.15, 0.2) is 58.5 Å². The van der Waals surface area contributed by atoms with Crippen LogP contribution in [-0.2, 0) is 11.3 Å². The van der Waals surface area contributed by atoms with Gasteiger partial charge in [0.1, 0.15) is 16.8 Å². The molecule has 4 aromatic rings. The summed E-state index contributed by atoms with van der Waals surface area (Å²) in [6, 6.07) is 14.8. The Morgan fingerprint density at radius 3 is 2.69 bits per heavy atom. The fraction of sp³-hybridized carbons (Fsp3) is 0.190. The molecule has 0 bridgehead atoms. The number of aromatic nitrogens is 3. The third kappa shape index (κ3) is 3.71. The Labute approximate surface area is 171 Å². The smallest absolute Gasteiger partial charge is 0.278 e. The summed E-state index contributed by atoms with van der Waals surface area (Å²) in [4.78, 5) is 33.1. The van der Waals surface area contributed by atoms with Gasteiger partial charge in [-0.1, -0.05) is 30.0 Å². The Hall–Kier alpha value is -3.26. The number of aromatic amines is 1. The summed E-state index contributed by atoms with van der Waals surface area (Å²) >= 11 is 1.25. The number of carbonyl (C=O) groups is 1.